The molecule has 3 rings (SSSR count). The van der Waals surface area contributed by atoms with Gasteiger partial charge in [0.1, 0.15) is 11.9 Å². The Kier molecular flexibility index (Phi) is 4.15. The van der Waals surface area contributed by atoms with Crippen molar-refractivity contribution in [3.8, 4) is 5.75 Å². The largest absolute Gasteiger partial charge is 0.490 e. The summed E-state index contributed by atoms with van der Waals surface area (Å²) < 4.78 is 6.23. The van der Waals surface area contributed by atoms with Crippen LogP contribution in [0.25, 0.3) is 0 Å². The summed E-state index contributed by atoms with van der Waals surface area (Å²) in [5, 5.41) is 2.90. The highest BCUT2D eigenvalue weighted by atomic mass is 16.5. The van der Waals surface area contributed by atoms with Crippen LogP contribution >= 0.6 is 0 Å². The van der Waals surface area contributed by atoms with Crippen molar-refractivity contribution in [3.05, 3.63) is 23.8 Å². The molecule has 1 aliphatic carbocycles. The van der Waals surface area contributed by atoms with Crippen LogP contribution in [0.15, 0.2) is 18.2 Å². The number of benzene rings is 1. The number of fused-ring (bicyclic) bond motifs is 1. The summed E-state index contributed by atoms with van der Waals surface area (Å²) in [6.45, 7) is 2.98. The van der Waals surface area contributed by atoms with E-state index < -0.39 is 0 Å². The first kappa shape index (κ1) is 14.4. The monoisotopic (exact) mass is 288 g/mol. The van der Waals surface area contributed by atoms with Crippen molar-refractivity contribution in [2.75, 3.05) is 11.9 Å². The van der Waals surface area contributed by atoms with Gasteiger partial charge in [0.15, 0.2) is 0 Å². The van der Waals surface area contributed by atoms with Crippen molar-refractivity contribution in [1.29, 1.82) is 0 Å². The van der Waals surface area contributed by atoms with Gasteiger partial charge >= 0.3 is 0 Å². The number of nitrogens with two attached hydrogens (primary N) is 1. The Labute approximate surface area is 126 Å². The lowest BCUT2D eigenvalue weighted by molar-refractivity contribution is -0.116. The molecule has 3 atom stereocenters. The van der Waals surface area contributed by atoms with Crippen molar-refractivity contribution in [1.82, 2.24) is 0 Å². The molecule has 1 aromatic carbocycles. The zero-order chi connectivity index (χ0) is 14.8. The Hall–Kier alpha value is -1.55. The normalized spacial score (nSPS) is 28.7. The van der Waals surface area contributed by atoms with Crippen LogP contribution in [0.5, 0.6) is 5.75 Å². The van der Waals surface area contributed by atoms with E-state index in [4.69, 9.17) is 10.5 Å². The van der Waals surface area contributed by atoms with E-state index in [9.17, 15) is 4.79 Å². The fourth-order valence-corrected chi connectivity index (χ4v) is 3.41. The molecule has 4 nitrogen and oxygen atoms in total. The van der Waals surface area contributed by atoms with Crippen LogP contribution in [0.1, 0.15) is 38.2 Å². The van der Waals surface area contributed by atoms with Gasteiger partial charge in [-0.25, -0.2) is 0 Å². The SMILES string of the molecule is CC1CCC(CN)C(Oc2ccc3c(c2)CCC(=O)N3)C1. The van der Waals surface area contributed by atoms with Gasteiger partial charge in [-0.05, 0) is 55.5 Å². The molecule has 3 N–H and O–H groups in total. The third-order valence-electron chi connectivity index (χ3n) is 4.75. The van der Waals surface area contributed by atoms with Gasteiger partial charge in [-0.15, -0.1) is 0 Å². The van der Waals surface area contributed by atoms with Crippen LogP contribution in [0.4, 0.5) is 5.69 Å². The summed E-state index contributed by atoms with van der Waals surface area (Å²) in [6.07, 6.45) is 5.05. The summed E-state index contributed by atoms with van der Waals surface area (Å²) in [7, 11) is 0. The minimum absolute atomic E-state index is 0.0977. The zero-order valence-electron chi connectivity index (χ0n) is 12.6. The van der Waals surface area contributed by atoms with Crippen LogP contribution in [-0.2, 0) is 11.2 Å². The van der Waals surface area contributed by atoms with Crippen molar-refractivity contribution in [3.63, 3.8) is 0 Å². The van der Waals surface area contributed by atoms with Crippen molar-refractivity contribution in [2.24, 2.45) is 17.6 Å². The van der Waals surface area contributed by atoms with Crippen LogP contribution in [0.2, 0.25) is 0 Å². The van der Waals surface area contributed by atoms with E-state index in [1.807, 2.05) is 12.1 Å². The summed E-state index contributed by atoms with van der Waals surface area (Å²) in [5.41, 5.74) is 7.98. The first-order chi connectivity index (χ1) is 10.2. The molecule has 4 heteroatoms. The predicted octanol–water partition coefficient (Wildman–Crippen LogP) is 2.71. The van der Waals surface area contributed by atoms with Crippen molar-refractivity contribution >= 4 is 11.6 Å². The van der Waals surface area contributed by atoms with Crippen LogP contribution in [-0.4, -0.2) is 18.6 Å². The summed E-state index contributed by atoms with van der Waals surface area (Å²) in [6, 6.07) is 5.98. The van der Waals surface area contributed by atoms with E-state index in [-0.39, 0.29) is 12.0 Å². The fraction of sp³-hybridized carbons (Fsp3) is 0.588. The number of carbonyl (C=O) groups excluding carboxylic acids is 1. The highest BCUT2D eigenvalue weighted by molar-refractivity contribution is 5.93. The molecule has 1 amide bonds. The van der Waals surface area contributed by atoms with Crippen LogP contribution in [0, 0.1) is 11.8 Å². The second-order valence-corrected chi connectivity index (χ2v) is 6.44. The second-order valence-electron chi connectivity index (χ2n) is 6.44. The average Bonchev–Trinajstić information content (AvgIpc) is 2.48. The molecule has 0 spiro atoms. The van der Waals surface area contributed by atoms with E-state index in [0.29, 0.717) is 24.8 Å². The standard InChI is InChI=1S/C17H24N2O2/c1-11-2-3-13(10-18)16(8-11)21-14-5-6-15-12(9-14)4-7-17(20)19-15/h5-6,9,11,13,16H,2-4,7-8,10,18H2,1H3,(H,19,20). The number of nitrogens with one attached hydrogen (secondary N) is 1. The quantitative estimate of drug-likeness (QED) is 0.899. The number of rotatable bonds is 3. The molecular weight excluding hydrogens is 264 g/mol. The van der Waals surface area contributed by atoms with E-state index in [1.165, 1.54) is 12.0 Å². The molecule has 2 aliphatic rings. The lowest BCUT2D eigenvalue weighted by atomic mass is 9.80. The van der Waals surface area contributed by atoms with Gasteiger partial charge in [-0.1, -0.05) is 13.3 Å². The molecule has 3 unspecified atom stereocenters. The summed E-state index contributed by atoms with van der Waals surface area (Å²) in [4.78, 5) is 11.4. The first-order valence-electron chi connectivity index (χ1n) is 7.95. The first-order valence-corrected chi connectivity index (χ1v) is 7.95. The predicted molar refractivity (Wildman–Crippen MR) is 83.4 cm³/mol. The maximum atomic E-state index is 11.4. The highest BCUT2D eigenvalue weighted by Gasteiger charge is 2.29. The van der Waals surface area contributed by atoms with Gasteiger partial charge in [-0.2, -0.15) is 0 Å². The number of hydrogen-bond acceptors (Lipinski definition) is 3. The van der Waals surface area contributed by atoms with Crippen LogP contribution in [0.3, 0.4) is 0 Å². The third-order valence-corrected chi connectivity index (χ3v) is 4.75. The minimum atomic E-state index is 0.0977. The fourth-order valence-electron chi connectivity index (χ4n) is 3.41. The molecule has 1 aromatic rings. The number of aryl methyl sites for hydroxylation is 1. The van der Waals surface area contributed by atoms with Gasteiger partial charge < -0.3 is 15.8 Å². The topological polar surface area (TPSA) is 64.3 Å². The van der Waals surface area contributed by atoms with Gasteiger partial charge in [-0.3, -0.25) is 4.79 Å². The second kappa shape index (κ2) is 6.06. The number of amides is 1. The molecular formula is C17H24N2O2. The smallest absolute Gasteiger partial charge is 0.224 e. The summed E-state index contributed by atoms with van der Waals surface area (Å²) in [5.74, 6) is 2.16. The van der Waals surface area contributed by atoms with Gasteiger partial charge in [0.25, 0.3) is 0 Å². The molecule has 1 aliphatic heterocycles. The number of carbonyl (C=O) groups is 1. The Bertz CT molecular complexity index is 530. The molecule has 1 saturated carbocycles. The zero-order valence-corrected chi connectivity index (χ0v) is 12.6. The number of anilines is 1. The lowest BCUT2D eigenvalue weighted by Gasteiger charge is -2.34. The molecule has 0 saturated heterocycles. The van der Waals surface area contributed by atoms with E-state index in [1.54, 1.807) is 0 Å². The Morgan fingerprint density at radius 2 is 2.19 bits per heavy atom. The van der Waals surface area contributed by atoms with Gasteiger partial charge in [0, 0.05) is 18.0 Å². The van der Waals surface area contributed by atoms with Gasteiger partial charge in [0.2, 0.25) is 5.91 Å². The molecule has 21 heavy (non-hydrogen) atoms. The van der Waals surface area contributed by atoms with Crippen molar-refractivity contribution in [2.45, 2.75) is 45.1 Å². The third kappa shape index (κ3) is 3.21. The maximum absolute atomic E-state index is 11.4. The minimum Gasteiger partial charge on any atom is -0.490 e. The van der Waals surface area contributed by atoms with Crippen molar-refractivity contribution < 1.29 is 9.53 Å². The average molecular weight is 288 g/mol. The van der Waals surface area contributed by atoms with E-state index in [2.05, 4.69) is 18.3 Å². The number of hydrogen-bond donors (Lipinski definition) is 2. The molecule has 1 fully saturated rings. The molecule has 114 valence electrons. The highest BCUT2D eigenvalue weighted by Crippen LogP contribution is 2.33. The maximum Gasteiger partial charge on any atom is 0.224 e. The Morgan fingerprint density at radius 3 is 3.00 bits per heavy atom. The summed E-state index contributed by atoms with van der Waals surface area (Å²) >= 11 is 0. The molecule has 0 aromatic heterocycles. The van der Waals surface area contributed by atoms with E-state index >= 15 is 0 Å². The Balaban J connectivity index is 1.73. The molecule has 1 heterocycles. The Morgan fingerprint density at radius 1 is 1.33 bits per heavy atom. The molecule has 0 bridgehead atoms. The molecule has 0 radical (unpaired) electrons. The van der Waals surface area contributed by atoms with Gasteiger partial charge in [0.05, 0.1) is 0 Å². The van der Waals surface area contributed by atoms with E-state index in [0.717, 1.165) is 30.7 Å². The van der Waals surface area contributed by atoms with Crippen LogP contribution < -0.4 is 15.8 Å². The number of ether oxygens (including phenoxy) is 1. The lowest BCUT2D eigenvalue weighted by Crippen LogP contribution is -2.37.